The lowest BCUT2D eigenvalue weighted by atomic mass is 9.95. The van der Waals surface area contributed by atoms with Gasteiger partial charge in [0.1, 0.15) is 6.10 Å². The molecule has 0 atom stereocenters. The number of alkyl carbamates (subject to hydrolysis) is 1. The number of amides is 2. The van der Waals surface area contributed by atoms with Crippen LogP contribution in [0, 0.1) is 0 Å². The van der Waals surface area contributed by atoms with E-state index in [-0.39, 0.29) is 29.9 Å². The Kier molecular flexibility index (Phi) is 6.31. The summed E-state index contributed by atoms with van der Waals surface area (Å²) in [6.07, 6.45) is 0.858. The standard InChI is InChI=1S/C17H21NO6/c1-2-23-17(22)18-15(20)13-5-3-4-6-14(13)16(21)24-12-9-7-11(19)8-10-12/h3-6,11-12,19H,2,7-10H2,1H3,(H,18,20,22). The van der Waals surface area contributed by atoms with Gasteiger partial charge in [0.25, 0.3) is 5.91 Å². The Morgan fingerprint density at radius 2 is 1.75 bits per heavy atom. The van der Waals surface area contributed by atoms with Crippen LogP contribution in [0.25, 0.3) is 0 Å². The molecule has 1 aliphatic rings. The second-order valence-corrected chi connectivity index (χ2v) is 5.56. The first kappa shape index (κ1) is 17.9. The van der Waals surface area contributed by atoms with Crippen LogP contribution in [0.3, 0.4) is 0 Å². The van der Waals surface area contributed by atoms with E-state index < -0.39 is 18.0 Å². The van der Waals surface area contributed by atoms with Crippen molar-refractivity contribution in [2.45, 2.75) is 44.8 Å². The summed E-state index contributed by atoms with van der Waals surface area (Å²) >= 11 is 0. The minimum Gasteiger partial charge on any atom is -0.459 e. The number of hydrogen-bond acceptors (Lipinski definition) is 6. The van der Waals surface area contributed by atoms with Gasteiger partial charge < -0.3 is 14.6 Å². The number of benzene rings is 1. The van der Waals surface area contributed by atoms with Crippen molar-refractivity contribution in [1.29, 1.82) is 0 Å². The number of carbonyl (C=O) groups excluding carboxylic acids is 3. The van der Waals surface area contributed by atoms with Crippen molar-refractivity contribution >= 4 is 18.0 Å². The summed E-state index contributed by atoms with van der Waals surface area (Å²) in [6.45, 7) is 1.76. The Balaban J connectivity index is 2.05. The fraction of sp³-hybridized carbons (Fsp3) is 0.471. The number of carbonyl (C=O) groups is 3. The van der Waals surface area contributed by atoms with Crippen molar-refractivity contribution in [3.8, 4) is 0 Å². The first-order valence-electron chi connectivity index (χ1n) is 7.97. The van der Waals surface area contributed by atoms with Crippen LogP contribution in [0.4, 0.5) is 4.79 Å². The number of rotatable bonds is 4. The maximum atomic E-state index is 12.4. The van der Waals surface area contributed by atoms with E-state index >= 15 is 0 Å². The van der Waals surface area contributed by atoms with Gasteiger partial charge in [0.15, 0.2) is 0 Å². The maximum Gasteiger partial charge on any atom is 0.414 e. The molecular formula is C17H21NO6. The molecule has 2 amide bonds. The summed E-state index contributed by atoms with van der Waals surface area (Å²) in [7, 11) is 0. The monoisotopic (exact) mass is 335 g/mol. The van der Waals surface area contributed by atoms with Crippen molar-refractivity contribution in [2.75, 3.05) is 6.61 Å². The van der Waals surface area contributed by atoms with E-state index in [1.54, 1.807) is 19.1 Å². The molecule has 0 spiro atoms. The summed E-state index contributed by atoms with van der Waals surface area (Å²) < 4.78 is 10.1. The molecule has 130 valence electrons. The summed E-state index contributed by atoms with van der Waals surface area (Å²) in [6, 6.07) is 6.12. The van der Waals surface area contributed by atoms with Crippen molar-refractivity contribution in [2.24, 2.45) is 0 Å². The molecular weight excluding hydrogens is 314 g/mol. The summed E-state index contributed by atoms with van der Waals surface area (Å²) in [5.41, 5.74) is 0.136. The van der Waals surface area contributed by atoms with E-state index in [9.17, 15) is 19.5 Å². The zero-order chi connectivity index (χ0) is 17.5. The van der Waals surface area contributed by atoms with Crippen molar-refractivity contribution < 1.29 is 29.0 Å². The zero-order valence-corrected chi connectivity index (χ0v) is 13.5. The van der Waals surface area contributed by atoms with E-state index in [0.717, 1.165) is 0 Å². The van der Waals surface area contributed by atoms with Crippen LogP contribution in [-0.2, 0) is 9.47 Å². The van der Waals surface area contributed by atoms with Gasteiger partial charge in [0.2, 0.25) is 0 Å². The highest BCUT2D eigenvalue weighted by Crippen LogP contribution is 2.22. The molecule has 0 saturated heterocycles. The summed E-state index contributed by atoms with van der Waals surface area (Å²) in [5, 5.41) is 11.5. The maximum absolute atomic E-state index is 12.4. The molecule has 1 aromatic rings. The van der Waals surface area contributed by atoms with Gasteiger partial charge in [-0.25, -0.2) is 9.59 Å². The first-order valence-corrected chi connectivity index (χ1v) is 7.97. The normalized spacial score (nSPS) is 20.1. The topological polar surface area (TPSA) is 102 Å². The third-order valence-electron chi connectivity index (χ3n) is 3.80. The second-order valence-electron chi connectivity index (χ2n) is 5.56. The minimum atomic E-state index is -0.869. The Morgan fingerprint density at radius 3 is 2.38 bits per heavy atom. The summed E-state index contributed by atoms with van der Waals surface area (Å²) in [4.78, 5) is 35.8. The quantitative estimate of drug-likeness (QED) is 0.816. The van der Waals surface area contributed by atoms with Crippen LogP contribution in [0.5, 0.6) is 0 Å². The fourth-order valence-electron chi connectivity index (χ4n) is 2.56. The van der Waals surface area contributed by atoms with Crippen LogP contribution in [0.1, 0.15) is 53.3 Å². The average molecular weight is 335 g/mol. The van der Waals surface area contributed by atoms with Crippen LogP contribution >= 0.6 is 0 Å². The van der Waals surface area contributed by atoms with Crippen LogP contribution in [0.15, 0.2) is 24.3 Å². The van der Waals surface area contributed by atoms with Gasteiger partial charge in [-0.05, 0) is 44.7 Å². The first-order chi connectivity index (χ1) is 11.5. The third kappa shape index (κ3) is 4.79. The Bertz CT molecular complexity index is 607. The molecule has 1 aliphatic carbocycles. The highest BCUT2D eigenvalue weighted by molar-refractivity contribution is 6.09. The molecule has 0 heterocycles. The van der Waals surface area contributed by atoms with Crippen molar-refractivity contribution in [3.05, 3.63) is 35.4 Å². The lowest BCUT2D eigenvalue weighted by molar-refractivity contribution is 0.00445. The minimum absolute atomic E-state index is 0.0476. The molecule has 7 nitrogen and oxygen atoms in total. The van der Waals surface area contributed by atoms with Gasteiger partial charge in [-0.1, -0.05) is 12.1 Å². The lowest BCUT2D eigenvalue weighted by Gasteiger charge is -2.25. The predicted octanol–water partition coefficient (Wildman–Crippen LogP) is 2.03. The Morgan fingerprint density at radius 1 is 1.12 bits per heavy atom. The van der Waals surface area contributed by atoms with Gasteiger partial charge in [-0.15, -0.1) is 0 Å². The van der Waals surface area contributed by atoms with E-state index in [0.29, 0.717) is 25.7 Å². The number of imide groups is 1. The van der Waals surface area contributed by atoms with E-state index in [4.69, 9.17) is 4.74 Å². The molecule has 1 saturated carbocycles. The van der Waals surface area contributed by atoms with Crippen molar-refractivity contribution in [3.63, 3.8) is 0 Å². The molecule has 7 heteroatoms. The molecule has 0 radical (unpaired) electrons. The molecule has 0 unspecified atom stereocenters. The van der Waals surface area contributed by atoms with E-state index in [2.05, 4.69) is 10.1 Å². The van der Waals surface area contributed by atoms with Gasteiger partial charge in [0.05, 0.1) is 23.8 Å². The highest BCUT2D eigenvalue weighted by Gasteiger charge is 2.25. The molecule has 0 aromatic heterocycles. The van der Waals surface area contributed by atoms with Gasteiger partial charge >= 0.3 is 12.1 Å². The second kappa shape index (κ2) is 8.44. The predicted molar refractivity (Wildman–Crippen MR) is 84.6 cm³/mol. The molecule has 2 N–H and O–H groups in total. The number of hydrogen-bond donors (Lipinski definition) is 2. The van der Waals surface area contributed by atoms with Gasteiger partial charge in [-0.3, -0.25) is 10.1 Å². The molecule has 0 aliphatic heterocycles. The largest absolute Gasteiger partial charge is 0.459 e. The fourth-order valence-corrected chi connectivity index (χ4v) is 2.56. The Hall–Kier alpha value is -2.41. The number of nitrogens with one attached hydrogen (secondary N) is 1. The SMILES string of the molecule is CCOC(=O)NC(=O)c1ccccc1C(=O)OC1CCC(O)CC1. The van der Waals surface area contributed by atoms with Crippen LogP contribution in [-0.4, -0.2) is 41.9 Å². The molecule has 2 rings (SSSR count). The lowest BCUT2D eigenvalue weighted by Crippen LogP contribution is -2.33. The van der Waals surface area contributed by atoms with E-state index in [1.165, 1.54) is 12.1 Å². The van der Waals surface area contributed by atoms with Crippen LogP contribution < -0.4 is 5.32 Å². The highest BCUT2D eigenvalue weighted by atomic mass is 16.6. The van der Waals surface area contributed by atoms with Crippen molar-refractivity contribution in [1.82, 2.24) is 5.32 Å². The third-order valence-corrected chi connectivity index (χ3v) is 3.80. The van der Waals surface area contributed by atoms with Crippen LogP contribution in [0.2, 0.25) is 0 Å². The average Bonchev–Trinajstić information content (AvgIpc) is 2.57. The smallest absolute Gasteiger partial charge is 0.414 e. The number of esters is 1. The molecule has 24 heavy (non-hydrogen) atoms. The number of aliphatic hydroxyl groups is 1. The summed E-state index contributed by atoms with van der Waals surface area (Å²) in [5.74, 6) is -1.34. The van der Waals surface area contributed by atoms with E-state index in [1.807, 2.05) is 0 Å². The van der Waals surface area contributed by atoms with Gasteiger partial charge in [0, 0.05) is 0 Å². The number of aliphatic hydroxyl groups excluding tert-OH is 1. The Labute approximate surface area is 139 Å². The molecule has 1 aromatic carbocycles. The number of ether oxygens (including phenoxy) is 2. The molecule has 0 bridgehead atoms. The van der Waals surface area contributed by atoms with Gasteiger partial charge in [-0.2, -0.15) is 0 Å². The zero-order valence-electron chi connectivity index (χ0n) is 13.5. The molecule has 1 fully saturated rings.